The van der Waals surface area contributed by atoms with E-state index in [-0.39, 0.29) is 5.82 Å². The number of hydrogen-bond acceptors (Lipinski definition) is 2. The molecule has 0 aliphatic heterocycles. The average Bonchev–Trinajstić information content (AvgIpc) is 3.74. The normalized spacial score (nSPS) is 11.6. The maximum atomic E-state index is 14.6. The number of benzene rings is 11. The van der Waals surface area contributed by atoms with E-state index in [9.17, 15) is 4.39 Å². The molecule has 0 saturated heterocycles. The maximum absolute atomic E-state index is 14.6. The second-order valence-electron chi connectivity index (χ2n) is 17.4. The molecule has 0 aliphatic rings. The third-order valence-corrected chi connectivity index (χ3v) is 18.3. The fourth-order valence-electron chi connectivity index (χ4n) is 10.5. The van der Waals surface area contributed by atoms with E-state index in [0.717, 1.165) is 67.0 Å². The summed E-state index contributed by atoms with van der Waals surface area (Å²) in [6.45, 7) is 0. The van der Waals surface area contributed by atoms with Crippen LogP contribution in [0.1, 0.15) is 0 Å². The highest BCUT2D eigenvalue weighted by molar-refractivity contribution is 7.20. The highest BCUT2D eigenvalue weighted by Gasteiger charge is 2.41. The van der Waals surface area contributed by atoms with Gasteiger partial charge in [-0.25, -0.2) is 4.39 Å². The Morgan fingerprint density at radius 2 is 0.739 bits per heavy atom. The lowest BCUT2D eigenvalue weighted by Gasteiger charge is -2.34. The summed E-state index contributed by atoms with van der Waals surface area (Å²) in [6, 6.07) is 99.1. The maximum Gasteiger partial charge on any atom is 0.179 e. The van der Waals surface area contributed by atoms with Crippen molar-refractivity contribution in [2.24, 2.45) is 0 Å². The fourth-order valence-corrected chi connectivity index (χ4v) is 15.3. The summed E-state index contributed by atoms with van der Waals surface area (Å²) < 4.78 is 16.9. The van der Waals surface area contributed by atoms with Gasteiger partial charge in [-0.3, -0.25) is 0 Å². The van der Waals surface area contributed by atoms with E-state index < -0.39 is 8.07 Å². The van der Waals surface area contributed by atoms with Crippen LogP contribution in [0.5, 0.6) is 0 Å². The summed E-state index contributed by atoms with van der Waals surface area (Å²) in [7, 11) is -2.89. The monoisotopic (exact) mass is 903 g/mol. The Balaban J connectivity index is 1.11. The zero-order valence-electron chi connectivity index (χ0n) is 37.8. The first-order valence-electron chi connectivity index (χ1n) is 23.4. The molecule has 0 spiro atoms. The van der Waals surface area contributed by atoms with Gasteiger partial charge in [0, 0.05) is 50.3 Å². The number of aromatic nitrogens is 1. The van der Waals surface area contributed by atoms with Gasteiger partial charge in [-0.05, 0) is 129 Å². The van der Waals surface area contributed by atoms with E-state index in [0.29, 0.717) is 0 Å². The van der Waals surface area contributed by atoms with Crippen LogP contribution in [0.15, 0.2) is 279 Å². The first-order chi connectivity index (χ1) is 34.1. The van der Waals surface area contributed by atoms with Gasteiger partial charge in [-0.15, -0.1) is 0 Å². The molecule has 11 aromatic carbocycles. The van der Waals surface area contributed by atoms with Gasteiger partial charge < -0.3 is 14.4 Å². The largest absolute Gasteiger partial charge is 0.311 e. The summed E-state index contributed by atoms with van der Waals surface area (Å²) in [4.78, 5) is 4.69. The zero-order chi connectivity index (χ0) is 46.2. The minimum Gasteiger partial charge on any atom is -0.311 e. The SMILES string of the molecule is Fc1ccc(-n2c3ccc(N(c4ccc(N(c5ccccc5)c5ccccc5)cc4)c4cccc5ccccc45)cc3c3cc([Si](c4ccccc4)(c4ccccc4)c4ccccc4)ccc32)cc1. The Morgan fingerprint density at radius 3 is 1.30 bits per heavy atom. The van der Waals surface area contributed by atoms with Crippen molar-refractivity contribution in [1.82, 2.24) is 4.57 Å². The predicted octanol–water partition coefficient (Wildman–Crippen LogP) is 14.4. The van der Waals surface area contributed by atoms with Crippen molar-refractivity contribution in [3.05, 3.63) is 285 Å². The Morgan fingerprint density at radius 1 is 0.304 bits per heavy atom. The van der Waals surface area contributed by atoms with Crippen LogP contribution in [0.4, 0.5) is 38.5 Å². The van der Waals surface area contributed by atoms with Crippen molar-refractivity contribution >= 4 is 95.5 Å². The third kappa shape index (κ3) is 7.37. The topological polar surface area (TPSA) is 11.4 Å². The molecule has 0 N–H and O–H groups in total. The molecule has 3 nitrogen and oxygen atoms in total. The van der Waals surface area contributed by atoms with Crippen LogP contribution in [-0.2, 0) is 0 Å². The van der Waals surface area contributed by atoms with E-state index >= 15 is 0 Å². The van der Waals surface area contributed by atoms with Crippen LogP contribution in [0.25, 0.3) is 38.3 Å². The van der Waals surface area contributed by atoms with E-state index in [1.807, 2.05) is 12.1 Å². The van der Waals surface area contributed by atoms with Gasteiger partial charge in [0.05, 0.1) is 16.7 Å². The summed E-state index contributed by atoms with van der Waals surface area (Å²) >= 11 is 0. The second-order valence-corrected chi connectivity index (χ2v) is 21.3. The van der Waals surface area contributed by atoms with Gasteiger partial charge in [0.2, 0.25) is 0 Å². The lowest BCUT2D eigenvalue weighted by molar-refractivity contribution is 0.627. The van der Waals surface area contributed by atoms with Gasteiger partial charge in [0.25, 0.3) is 0 Å². The number of hydrogen-bond donors (Lipinski definition) is 0. The Labute approximate surface area is 402 Å². The molecule has 1 aromatic heterocycles. The van der Waals surface area contributed by atoms with Gasteiger partial charge >= 0.3 is 0 Å². The smallest absolute Gasteiger partial charge is 0.179 e. The number of anilines is 6. The lowest BCUT2D eigenvalue weighted by atomic mass is 10.1. The summed E-state index contributed by atoms with van der Waals surface area (Å²) in [5.74, 6) is -0.263. The predicted molar refractivity (Wildman–Crippen MR) is 291 cm³/mol. The minimum atomic E-state index is -2.89. The Kier molecular flexibility index (Phi) is 10.7. The minimum absolute atomic E-state index is 0.263. The molecule has 0 unspecified atom stereocenters. The molecular formula is C64H46FN3Si. The molecule has 0 saturated carbocycles. The van der Waals surface area contributed by atoms with E-state index in [1.54, 1.807) is 12.1 Å². The number of nitrogens with zero attached hydrogens (tertiary/aromatic N) is 3. The van der Waals surface area contributed by atoms with Crippen LogP contribution >= 0.6 is 0 Å². The van der Waals surface area contributed by atoms with Crippen LogP contribution in [0.3, 0.4) is 0 Å². The molecule has 0 amide bonds. The molecule has 0 radical (unpaired) electrons. The van der Waals surface area contributed by atoms with Crippen molar-refractivity contribution < 1.29 is 4.39 Å². The quantitative estimate of drug-likeness (QED) is 0.0946. The van der Waals surface area contributed by atoms with Crippen LogP contribution < -0.4 is 30.5 Å². The summed E-state index contributed by atoms with van der Waals surface area (Å²) in [5, 5.41) is 9.77. The molecule has 0 bridgehead atoms. The number of halogens is 1. The molecule has 69 heavy (non-hydrogen) atoms. The molecule has 12 aromatic rings. The van der Waals surface area contributed by atoms with Gasteiger partial charge in [-0.1, -0.05) is 176 Å². The van der Waals surface area contributed by atoms with Crippen molar-refractivity contribution in [2.45, 2.75) is 0 Å². The first-order valence-corrected chi connectivity index (χ1v) is 25.4. The first kappa shape index (κ1) is 41.6. The second kappa shape index (κ2) is 17.8. The number of para-hydroxylation sites is 2. The molecular weight excluding hydrogens is 858 g/mol. The van der Waals surface area contributed by atoms with Crippen molar-refractivity contribution in [3.63, 3.8) is 0 Å². The van der Waals surface area contributed by atoms with Crippen molar-refractivity contribution in [3.8, 4) is 5.69 Å². The summed E-state index contributed by atoms with van der Waals surface area (Å²) in [6.07, 6.45) is 0. The molecule has 1 heterocycles. The van der Waals surface area contributed by atoms with Crippen molar-refractivity contribution in [1.29, 1.82) is 0 Å². The molecule has 328 valence electrons. The molecule has 0 fully saturated rings. The lowest BCUT2D eigenvalue weighted by Crippen LogP contribution is -2.74. The van der Waals surface area contributed by atoms with E-state index in [1.165, 1.54) is 26.1 Å². The molecule has 0 aliphatic carbocycles. The van der Waals surface area contributed by atoms with Gasteiger partial charge in [-0.2, -0.15) is 0 Å². The summed E-state index contributed by atoms with van der Waals surface area (Å²) in [5.41, 5.74) is 9.36. The van der Waals surface area contributed by atoms with Crippen LogP contribution in [0, 0.1) is 5.82 Å². The van der Waals surface area contributed by atoms with Crippen molar-refractivity contribution in [2.75, 3.05) is 9.80 Å². The fraction of sp³-hybridized carbons (Fsp3) is 0. The average molecular weight is 904 g/mol. The van der Waals surface area contributed by atoms with E-state index in [2.05, 4.69) is 269 Å². The molecule has 12 rings (SSSR count). The third-order valence-electron chi connectivity index (χ3n) is 13.5. The Bertz CT molecular complexity index is 3570. The standard InChI is InChI=1S/C64H46FN3Si/c65-48-33-35-53(36-34-48)68-63-43-41-54(45-60(63)61-46-58(42-44-64(61)68)69(55-25-10-3-11-26-55,56-27-12-4-13-28-56)57-29-14-5-15-30-57)67(62-32-18-20-47-19-16-17-31-59(47)62)52-39-37-51(38-40-52)66(49-21-6-1-7-22-49)50-23-8-2-9-24-50/h1-46H. The van der Waals surface area contributed by atoms with Gasteiger partial charge in [0.15, 0.2) is 8.07 Å². The highest BCUT2D eigenvalue weighted by atomic mass is 28.3. The number of fused-ring (bicyclic) bond motifs is 4. The molecule has 0 atom stereocenters. The Hall–Kier alpha value is -8.77. The zero-order valence-corrected chi connectivity index (χ0v) is 38.8. The number of rotatable bonds is 11. The molecule has 5 heteroatoms. The highest BCUT2D eigenvalue weighted by Crippen LogP contribution is 2.43. The van der Waals surface area contributed by atoms with Gasteiger partial charge in [0.1, 0.15) is 5.82 Å². The van der Waals surface area contributed by atoms with E-state index in [4.69, 9.17) is 0 Å². The van der Waals surface area contributed by atoms with Crippen LogP contribution in [0.2, 0.25) is 0 Å². The van der Waals surface area contributed by atoms with Crippen LogP contribution in [-0.4, -0.2) is 12.6 Å².